The minimum absolute atomic E-state index is 0.118. The SMILES string of the molecule is CC(C)(C)/C(F)=C(\COC(N)=O)Cn1ncn(CCc2ccc(Br)s2)c1=O. The van der Waals surface area contributed by atoms with Gasteiger partial charge in [-0.25, -0.2) is 18.7 Å². The van der Waals surface area contributed by atoms with Crippen LogP contribution >= 0.6 is 27.3 Å². The molecule has 0 atom stereocenters. The van der Waals surface area contributed by atoms with Crippen LogP contribution in [0.1, 0.15) is 25.6 Å². The fraction of sp³-hybridized carbons (Fsp3) is 0.471. The van der Waals surface area contributed by atoms with Crippen molar-refractivity contribution in [1.29, 1.82) is 0 Å². The van der Waals surface area contributed by atoms with Crippen molar-refractivity contribution in [2.75, 3.05) is 6.61 Å². The number of carbonyl (C=O) groups excluding carboxylic acids is 1. The van der Waals surface area contributed by atoms with Gasteiger partial charge in [-0.1, -0.05) is 20.8 Å². The van der Waals surface area contributed by atoms with Crippen LogP contribution in [0.4, 0.5) is 9.18 Å². The Bertz CT molecular complexity index is 895. The first kappa shape index (κ1) is 21.4. The number of ether oxygens (including phenoxy) is 1. The average Bonchev–Trinajstić information content (AvgIpc) is 3.14. The monoisotopic (exact) mass is 460 g/mol. The molecule has 0 saturated carbocycles. The first-order valence-corrected chi connectivity index (χ1v) is 9.85. The van der Waals surface area contributed by atoms with E-state index in [0.717, 1.165) is 13.3 Å². The lowest BCUT2D eigenvalue weighted by atomic mass is 9.92. The van der Waals surface area contributed by atoms with E-state index in [9.17, 15) is 14.0 Å². The molecule has 0 aliphatic heterocycles. The van der Waals surface area contributed by atoms with Gasteiger partial charge < -0.3 is 10.5 Å². The number of primary amides is 1. The fourth-order valence-electron chi connectivity index (χ4n) is 2.40. The van der Waals surface area contributed by atoms with Crippen LogP contribution in [0.3, 0.4) is 0 Å². The number of halogens is 2. The number of hydrogen-bond acceptors (Lipinski definition) is 5. The summed E-state index contributed by atoms with van der Waals surface area (Å²) in [5.74, 6) is -0.464. The zero-order valence-corrected chi connectivity index (χ0v) is 17.8. The third kappa shape index (κ3) is 6.03. The quantitative estimate of drug-likeness (QED) is 0.684. The summed E-state index contributed by atoms with van der Waals surface area (Å²) >= 11 is 5.01. The molecule has 0 spiro atoms. The van der Waals surface area contributed by atoms with Gasteiger partial charge in [-0.05, 0) is 34.5 Å². The Kier molecular flexibility index (Phi) is 6.99. The summed E-state index contributed by atoms with van der Waals surface area (Å²) in [5, 5.41) is 4.05. The highest BCUT2D eigenvalue weighted by Gasteiger charge is 2.23. The second-order valence-electron chi connectivity index (χ2n) is 7.00. The maximum atomic E-state index is 14.7. The summed E-state index contributed by atoms with van der Waals surface area (Å²) in [4.78, 5) is 24.5. The van der Waals surface area contributed by atoms with E-state index in [-0.39, 0.29) is 24.4 Å². The highest BCUT2D eigenvalue weighted by molar-refractivity contribution is 9.11. The topological polar surface area (TPSA) is 92.1 Å². The molecule has 0 aliphatic carbocycles. The van der Waals surface area contributed by atoms with E-state index < -0.39 is 17.3 Å². The number of nitrogens with two attached hydrogens (primary N) is 1. The molecular formula is C17H22BrFN4O3S. The third-order valence-electron chi connectivity index (χ3n) is 3.72. The van der Waals surface area contributed by atoms with Gasteiger partial charge in [0.2, 0.25) is 0 Å². The van der Waals surface area contributed by atoms with Crippen LogP contribution in [0.5, 0.6) is 0 Å². The largest absolute Gasteiger partial charge is 0.445 e. The average molecular weight is 461 g/mol. The van der Waals surface area contributed by atoms with E-state index in [0.29, 0.717) is 13.0 Å². The van der Waals surface area contributed by atoms with Crippen LogP contribution in [0.2, 0.25) is 0 Å². The maximum absolute atomic E-state index is 14.7. The molecule has 0 aromatic carbocycles. The van der Waals surface area contributed by atoms with Crippen LogP contribution in [0.15, 0.2) is 38.4 Å². The van der Waals surface area contributed by atoms with Gasteiger partial charge in [0.25, 0.3) is 0 Å². The van der Waals surface area contributed by atoms with Gasteiger partial charge in [-0.2, -0.15) is 5.10 Å². The molecule has 0 fully saturated rings. The van der Waals surface area contributed by atoms with Crippen molar-refractivity contribution in [2.24, 2.45) is 11.1 Å². The van der Waals surface area contributed by atoms with Crippen molar-refractivity contribution >= 4 is 33.4 Å². The molecule has 148 valence electrons. The zero-order valence-electron chi connectivity index (χ0n) is 15.4. The van der Waals surface area contributed by atoms with Crippen molar-refractivity contribution < 1.29 is 13.9 Å². The Labute approximate surface area is 168 Å². The van der Waals surface area contributed by atoms with E-state index in [1.165, 1.54) is 10.9 Å². The van der Waals surface area contributed by atoms with Crippen LogP contribution < -0.4 is 11.4 Å². The van der Waals surface area contributed by atoms with Gasteiger partial charge in [0, 0.05) is 22.4 Å². The first-order valence-electron chi connectivity index (χ1n) is 8.24. The molecule has 1 amide bonds. The number of hydrogen-bond donors (Lipinski definition) is 1. The molecule has 2 rings (SSSR count). The van der Waals surface area contributed by atoms with Crippen LogP contribution in [0, 0.1) is 5.41 Å². The molecule has 2 aromatic heterocycles. The smallest absolute Gasteiger partial charge is 0.404 e. The molecule has 0 unspecified atom stereocenters. The number of carbonyl (C=O) groups is 1. The first-order chi connectivity index (χ1) is 12.6. The fourth-order valence-corrected chi connectivity index (χ4v) is 3.87. The maximum Gasteiger partial charge on any atom is 0.404 e. The number of allylic oxidation sites excluding steroid dienone is 1. The molecule has 0 saturated heterocycles. The second kappa shape index (κ2) is 8.83. The van der Waals surface area contributed by atoms with Crippen LogP contribution in [-0.2, 0) is 24.2 Å². The second-order valence-corrected chi connectivity index (χ2v) is 9.54. The summed E-state index contributed by atoms with van der Waals surface area (Å²) in [5.41, 5.74) is 3.97. The minimum Gasteiger partial charge on any atom is -0.445 e. The summed E-state index contributed by atoms with van der Waals surface area (Å²) in [6, 6.07) is 3.95. The number of rotatable bonds is 7. The predicted molar refractivity (Wildman–Crippen MR) is 105 cm³/mol. The van der Waals surface area contributed by atoms with Crippen LogP contribution in [-0.4, -0.2) is 27.0 Å². The lowest BCUT2D eigenvalue weighted by Crippen LogP contribution is -2.28. The molecular weight excluding hydrogens is 439 g/mol. The van der Waals surface area contributed by atoms with Gasteiger partial charge in [0.1, 0.15) is 18.8 Å². The highest BCUT2D eigenvalue weighted by atomic mass is 79.9. The van der Waals surface area contributed by atoms with Crippen molar-refractivity contribution in [2.45, 2.75) is 40.3 Å². The molecule has 10 heteroatoms. The third-order valence-corrected chi connectivity index (χ3v) is 5.41. The number of nitrogens with zero attached hydrogens (tertiary/aromatic N) is 3. The summed E-state index contributed by atoms with van der Waals surface area (Å²) in [6.45, 7) is 5.07. The van der Waals surface area contributed by atoms with Gasteiger partial charge in [-0.3, -0.25) is 4.57 Å². The molecule has 0 aliphatic rings. The van der Waals surface area contributed by atoms with Gasteiger partial charge in [0.15, 0.2) is 0 Å². The lowest BCUT2D eigenvalue weighted by Gasteiger charge is -2.20. The number of thiophene rings is 1. The van der Waals surface area contributed by atoms with Crippen molar-refractivity contribution in [1.82, 2.24) is 14.3 Å². The minimum atomic E-state index is -1.01. The van der Waals surface area contributed by atoms with E-state index >= 15 is 0 Å². The van der Waals surface area contributed by atoms with E-state index in [1.807, 2.05) is 12.1 Å². The molecule has 2 aromatic rings. The summed E-state index contributed by atoms with van der Waals surface area (Å²) in [6.07, 6.45) is 1.10. The van der Waals surface area contributed by atoms with Gasteiger partial charge in [0.05, 0.1) is 10.3 Å². The van der Waals surface area contributed by atoms with Crippen molar-refractivity contribution in [3.63, 3.8) is 0 Å². The Morgan fingerprint density at radius 2 is 2.11 bits per heavy atom. The lowest BCUT2D eigenvalue weighted by molar-refractivity contribution is 0.163. The molecule has 2 heterocycles. The Balaban J connectivity index is 2.17. The van der Waals surface area contributed by atoms with Gasteiger partial charge >= 0.3 is 11.8 Å². The Morgan fingerprint density at radius 1 is 1.41 bits per heavy atom. The Morgan fingerprint density at radius 3 is 2.67 bits per heavy atom. The summed E-state index contributed by atoms with van der Waals surface area (Å²) in [7, 11) is 0. The normalized spacial score (nSPS) is 12.8. The standard InChI is InChI=1S/C17H22BrFN4O3S/c1-17(2,3)14(19)11(9-26-15(20)24)8-23-16(25)22(10-21-23)7-6-12-4-5-13(18)27-12/h4-5,10H,6-9H2,1-3H3,(H2,20,24)/b14-11+. The van der Waals surface area contributed by atoms with E-state index in [1.54, 1.807) is 32.1 Å². The van der Waals surface area contributed by atoms with E-state index in [2.05, 4.69) is 21.0 Å². The van der Waals surface area contributed by atoms with Crippen molar-refractivity contribution in [3.05, 3.63) is 49.0 Å². The molecule has 7 nitrogen and oxygen atoms in total. The van der Waals surface area contributed by atoms with Gasteiger partial charge in [-0.15, -0.1) is 11.3 Å². The Hall–Kier alpha value is -1.94. The number of aryl methyl sites for hydroxylation is 2. The highest BCUT2D eigenvalue weighted by Crippen LogP contribution is 2.29. The van der Waals surface area contributed by atoms with E-state index in [4.69, 9.17) is 10.5 Å². The molecule has 0 radical (unpaired) electrons. The van der Waals surface area contributed by atoms with Crippen molar-refractivity contribution in [3.8, 4) is 0 Å². The number of amides is 1. The molecule has 0 bridgehead atoms. The predicted octanol–water partition coefficient (Wildman–Crippen LogP) is 3.48. The zero-order chi connectivity index (χ0) is 20.2. The summed E-state index contributed by atoms with van der Waals surface area (Å²) < 4.78 is 23.1. The molecule has 2 N–H and O–H groups in total. The van der Waals surface area contributed by atoms with Crippen LogP contribution in [0.25, 0.3) is 0 Å². The number of aromatic nitrogens is 3. The molecule has 27 heavy (non-hydrogen) atoms.